The molecule has 0 bridgehead atoms. The smallest absolute Gasteiger partial charge is 0.165 e. The van der Waals surface area contributed by atoms with E-state index in [9.17, 15) is 8.78 Å². The van der Waals surface area contributed by atoms with E-state index in [4.69, 9.17) is 5.26 Å². The highest BCUT2D eigenvalue weighted by Gasteiger charge is 2.22. The molecule has 1 unspecified atom stereocenters. The number of benzene rings is 1. The summed E-state index contributed by atoms with van der Waals surface area (Å²) in [6.07, 6.45) is 2.87. The third-order valence-electron chi connectivity index (χ3n) is 2.56. The summed E-state index contributed by atoms with van der Waals surface area (Å²) in [7, 11) is 1.24. The number of aromatic nitrogens is 2. The van der Waals surface area contributed by atoms with Gasteiger partial charge in [0.1, 0.15) is 17.6 Å². The maximum atomic E-state index is 13.9. The fourth-order valence-corrected chi connectivity index (χ4v) is 1.65. The summed E-state index contributed by atoms with van der Waals surface area (Å²) in [4.78, 5) is 7.77. The first-order valence-corrected chi connectivity index (χ1v) is 5.36. The van der Waals surface area contributed by atoms with Crippen LogP contribution < -0.4 is 4.74 Å². The van der Waals surface area contributed by atoms with E-state index in [0.717, 1.165) is 12.1 Å². The third kappa shape index (κ3) is 2.50. The quantitative estimate of drug-likeness (QED) is 0.851. The second-order valence-electron chi connectivity index (χ2n) is 3.68. The Kier molecular flexibility index (Phi) is 3.66. The molecule has 0 aliphatic rings. The van der Waals surface area contributed by atoms with Crippen LogP contribution in [0.5, 0.6) is 5.75 Å². The molecule has 0 aliphatic heterocycles. The van der Waals surface area contributed by atoms with Gasteiger partial charge in [-0.2, -0.15) is 5.26 Å². The molecule has 96 valence electrons. The van der Waals surface area contributed by atoms with E-state index in [1.807, 2.05) is 6.07 Å². The van der Waals surface area contributed by atoms with Gasteiger partial charge in [-0.15, -0.1) is 0 Å². The fraction of sp³-hybridized carbons (Fsp3) is 0.154. The Morgan fingerprint density at radius 2 is 1.89 bits per heavy atom. The van der Waals surface area contributed by atoms with Gasteiger partial charge in [0.05, 0.1) is 13.2 Å². The highest BCUT2D eigenvalue weighted by atomic mass is 19.1. The molecule has 0 radical (unpaired) electrons. The van der Waals surface area contributed by atoms with Crippen molar-refractivity contribution in [3.63, 3.8) is 0 Å². The summed E-state index contributed by atoms with van der Waals surface area (Å²) in [5.41, 5.74) is -0.119. The molecule has 0 fully saturated rings. The Labute approximate surface area is 108 Å². The average Bonchev–Trinajstić information content (AvgIpc) is 2.44. The van der Waals surface area contributed by atoms with E-state index in [1.54, 1.807) is 6.07 Å². The third-order valence-corrected chi connectivity index (χ3v) is 2.56. The summed E-state index contributed by atoms with van der Waals surface area (Å²) in [6.45, 7) is 0. The number of rotatable bonds is 3. The van der Waals surface area contributed by atoms with Gasteiger partial charge in [-0.05, 0) is 12.1 Å². The van der Waals surface area contributed by atoms with Crippen molar-refractivity contribution in [1.82, 2.24) is 9.97 Å². The van der Waals surface area contributed by atoms with Gasteiger partial charge < -0.3 is 4.74 Å². The maximum absolute atomic E-state index is 13.9. The van der Waals surface area contributed by atoms with Gasteiger partial charge in [0.25, 0.3) is 0 Å². The lowest BCUT2D eigenvalue weighted by Crippen LogP contribution is -2.07. The van der Waals surface area contributed by atoms with Crippen LogP contribution in [0.4, 0.5) is 8.78 Å². The predicted octanol–water partition coefficient (Wildman–Crippen LogP) is 2.42. The molecule has 0 aliphatic carbocycles. The minimum Gasteiger partial charge on any atom is -0.494 e. The van der Waals surface area contributed by atoms with Crippen molar-refractivity contribution in [3.05, 3.63) is 53.6 Å². The Morgan fingerprint density at radius 1 is 1.21 bits per heavy atom. The molecule has 2 aromatic rings. The zero-order valence-corrected chi connectivity index (χ0v) is 9.97. The molecule has 6 heteroatoms. The van der Waals surface area contributed by atoms with Gasteiger partial charge >= 0.3 is 0 Å². The number of hydrogen-bond donors (Lipinski definition) is 0. The molecule has 1 aromatic carbocycles. The Balaban J connectivity index is 2.51. The van der Waals surface area contributed by atoms with Gasteiger partial charge in [-0.1, -0.05) is 0 Å². The summed E-state index contributed by atoms with van der Waals surface area (Å²) < 4.78 is 32.2. The van der Waals surface area contributed by atoms with E-state index < -0.39 is 17.6 Å². The molecule has 0 spiro atoms. The van der Waals surface area contributed by atoms with Gasteiger partial charge in [-0.3, -0.25) is 0 Å². The summed E-state index contributed by atoms with van der Waals surface area (Å²) in [5.74, 6) is -2.64. The Bertz CT molecular complexity index is 626. The Hall–Kier alpha value is -2.55. The normalized spacial score (nSPS) is 11.7. The first kappa shape index (κ1) is 12.9. The molecular formula is C13H9F2N3O. The monoisotopic (exact) mass is 261 g/mol. The molecule has 2 rings (SSSR count). The van der Waals surface area contributed by atoms with Crippen molar-refractivity contribution in [3.8, 4) is 11.8 Å². The van der Waals surface area contributed by atoms with Crippen LogP contribution in [0.1, 0.15) is 17.3 Å². The van der Waals surface area contributed by atoms with Crippen LogP contribution in [0, 0.1) is 23.0 Å². The molecule has 19 heavy (non-hydrogen) atoms. The van der Waals surface area contributed by atoms with Crippen molar-refractivity contribution >= 4 is 0 Å². The first-order chi connectivity index (χ1) is 9.17. The lowest BCUT2D eigenvalue weighted by atomic mass is 9.98. The first-order valence-electron chi connectivity index (χ1n) is 5.36. The number of nitriles is 1. The number of halogens is 2. The molecule has 1 heterocycles. The van der Waals surface area contributed by atoms with Crippen LogP contribution in [0.25, 0.3) is 0 Å². The van der Waals surface area contributed by atoms with Crippen molar-refractivity contribution in [2.45, 2.75) is 5.92 Å². The second kappa shape index (κ2) is 5.40. The molecule has 0 N–H and O–H groups in total. The Morgan fingerprint density at radius 3 is 2.47 bits per heavy atom. The van der Waals surface area contributed by atoms with Crippen molar-refractivity contribution in [2.75, 3.05) is 7.11 Å². The van der Waals surface area contributed by atoms with Crippen LogP contribution >= 0.6 is 0 Å². The molecule has 0 saturated heterocycles. The van der Waals surface area contributed by atoms with E-state index in [0.29, 0.717) is 0 Å². The number of methoxy groups -OCH3 is 1. The van der Waals surface area contributed by atoms with Crippen LogP contribution in [-0.4, -0.2) is 17.1 Å². The van der Waals surface area contributed by atoms with Crippen LogP contribution in [0.2, 0.25) is 0 Å². The van der Waals surface area contributed by atoms with Gasteiger partial charge in [0, 0.05) is 24.0 Å². The SMILES string of the molecule is COc1cc(F)c(C(C#N)c2ncccn2)cc1F. The molecule has 0 saturated carbocycles. The number of hydrogen-bond acceptors (Lipinski definition) is 4. The minimum absolute atomic E-state index is 0.119. The highest BCUT2D eigenvalue weighted by molar-refractivity contribution is 5.38. The minimum atomic E-state index is -1.07. The largest absolute Gasteiger partial charge is 0.494 e. The number of nitrogens with zero attached hydrogens (tertiary/aromatic N) is 3. The van der Waals surface area contributed by atoms with Crippen molar-refractivity contribution < 1.29 is 13.5 Å². The van der Waals surface area contributed by atoms with Crippen molar-refractivity contribution in [2.24, 2.45) is 0 Å². The van der Waals surface area contributed by atoms with Gasteiger partial charge in [0.15, 0.2) is 11.6 Å². The average molecular weight is 261 g/mol. The lowest BCUT2D eigenvalue weighted by molar-refractivity contribution is 0.381. The summed E-state index contributed by atoms with van der Waals surface area (Å²) in [5, 5.41) is 9.12. The van der Waals surface area contributed by atoms with Crippen LogP contribution in [0.15, 0.2) is 30.6 Å². The zero-order valence-electron chi connectivity index (χ0n) is 9.97. The second-order valence-corrected chi connectivity index (χ2v) is 3.68. The molecule has 1 atom stereocenters. The van der Waals surface area contributed by atoms with E-state index in [1.165, 1.54) is 19.5 Å². The molecule has 1 aromatic heterocycles. The van der Waals surface area contributed by atoms with Crippen molar-refractivity contribution in [1.29, 1.82) is 5.26 Å². The summed E-state index contributed by atoms with van der Waals surface area (Å²) in [6, 6.07) is 5.27. The van der Waals surface area contributed by atoms with E-state index >= 15 is 0 Å². The maximum Gasteiger partial charge on any atom is 0.165 e. The highest BCUT2D eigenvalue weighted by Crippen LogP contribution is 2.28. The van der Waals surface area contributed by atoms with Gasteiger partial charge in [-0.25, -0.2) is 18.7 Å². The molecular weight excluding hydrogens is 252 g/mol. The summed E-state index contributed by atoms with van der Waals surface area (Å²) >= 11 is 0. The van der Waals surface area contributed by atoms with E-state index in [2.05, 4.69) is 14.7 Å². The molecule has 4 nitrogen and oxygen atoms in total. The predicted molar refractivity (Wildman–Crippen MR) is 62.4 cm³/mol. The van der Waals surface area contributed by atoms with E-state index in [-0.39, 0.29) is 17.1 Å². The zero-order chi connectivity index (χ0) is 13.8. The standard InChI is InChI=1S/C13H9F2N3O/c1-19-12-6-10(14)8(5-11(12)15)9(7-16)13-17-3-2-4-18-13/h2-6,9H,1H3. The topological polar surface area (TPSA) is 58.8 Å². The number of ether oxygens (including phenoxy) is 1. The van der Waals surface area contributed by atoms with Gasteiger partial charge in [0.2, 0.25) is 0 Å². The fourth-order valence-electron chi connectivity index (χ4n) is 1.65. The van der Waals surface area contributed by atoms with Crippen LogP contribution in [-0.2, 0) is 0 Å². The lowest BCUT2D eigenvalue weighted by Gasteiger charge is -2.11. The molecule has 0 amide bonds. The van der Waals surface area contributed by atoms with Crippen LogP contribution in [0.3, 0.4) is 0 Å².